The summed E-state index contributed by atoms with van der Waals surface area (Å²) in [5, 5.41) is 8.61. The molecule has 0 fully saturated rings. The second-order valence-corrected chi connectivity index (χ2v) is 5.89. The highest BCUT2D eigenvalue weighted by atomic mass is 79.9. The fourth-order valence-electron chi connectivity index (χ4n) is 2.43. The summed E-state index contributed by atoms with van der Waals surface area (Å²) in [6, 6.07) is 13.1. The number of rotatable bonds is 4. The molecule has 0 spiro atoms. The van der Waals surface area contributed by atoms with Gasteiger partial charge in [0.05, 0.1) is 24.9 Å². The number of nitrogens with zero attached hydrogens (tertiary/aromatic N) is 5. The fraction of sp³-hybridized carbons (Fsp3) is 0.125. The van der Waals surface area contributed by atoms with Crippen molar-refractivity contribution in [2.24, 2.45) is 5.11 Å². The third kappa shape index (κ3) is 2.97. The van der Waals surface area contributed by atoms with Crippen LogP contribution in [0.3, 0.4) is 0 Å². The number of halogens is 1. The van der Waals surface area contributed by atoms with E-state index in [2.05, 4.69) is 31.1 Å². The highest BCUT2D eigenvalue weighted by Gasteiger charge is 2.19. The Morgan fingerprint density at radius 2 is 2.21 bits per heavy atom. The van der Waals surface area contributed by atoms with Crippen LogP contribution in [0.2, 0.25) is 0 Å². The van der Waals surface area contributed by atoms with Crippen LogP contribution >= 0.6 is 15.9 Å². The maximum absolute atomic E-state index is 12.1. The van der Waals surface area contributed by atoms with Gasteiger partial charge in [0.2, 0.25) is 0 Å². The zero-order valence-corrected chi connectivity index (χ0v) is 14.3. The van der Waals surface area contributed by atoms with E-state index in [1.54, 1.807) is 10.7 Å². The quantitative estimate of drug-likeness (QED) is 0.288. The van der Waals surface area contributed by atoms with Gasteiger partial charge < -0.3 is 4.74 Å². The van der Waals surface area contributed by atoms with Gasteiger partial charge in [-0.05, 0) is 41.4 Å². The molecule has 0 aliphatic rings. The highest BCUT2D eigenvalue weighted by Crippen LogP contribution is 2.25. The molecule has 24 heavy (non-hydrogen) atoms. The average Bonchev–Trinajstić information content (AvgIpc) is 2.98. The van der Waals surface area contributed by atoms with Crippen molar-refractivity contribution in [1.82, 2.24) is 9.78 Å². The lowest BCUT2D eigenvalue weighted by atomic mass is 10.1. The van der Waals surface area contributed by atoms with E-state index in [0.717, 1.165) is 21.2 Å². The first-order chi connectivity index (χ1) is 11.6. The minimum absolute atomic E-state index is 0.203. The lowest BCUT2D eigenvalue weighted by molar-refractivity contribution is 0.0595. The summed E-state index contributed by atoms with van der Waals surface area (Å²) in [7, 11) is 1.32. The summed E-state index contributed by atoms with van der Waals surface area (Å²) in [6.45, 7) is 0.203. The van der Waals surface area contributed by atoms with Crippen molar-refractivity contribution >= 4 is 32.8 Å². The Morgan fingerprint density at radius 1 is 1.38 bits per heavy atom. The number of hydrogen-bond donors (Lipinski definition) is 0. The number of benzene rings is 2. The first kappa shape index (κ1) is 16.0. The van der Waals surface area contributed by atoms with Gasteiger partial charge in [0.25, 0.3) is 0 Å². The van der Waals surface area contributed by atoms with Crippen LogP contribution < -0.4 is 0 Å². The van der Waals surface area contributed by atoms with Crippen molar-refractivity contribution in [3.63, 3.8) is 0 Å². The molecule has 3 rings (SSSR count). The molecular weight excluding hydrogens is 374 g/mol. The predicted molar refractivity (Wildman–Crippen MR) is 93.0 cm³/mol. The number of azide groups is 1. The smallest absolute Gasteiger partial charge is 0.359 e. The van der Waals surface area contributed by atoms with E-state index in [9.17, 15) is 4.79 Å². The SMILES string of the molecule is COC(=O)c1nn(-c2cccc(Br)c2)c2ccc(CN=[N+]=[N-])cc12. The summed E-state index contributed by atoms with van der Waals surface area (Å²) in [5.41, 5.74) is 11.0. The lowest BCUT2D eigenvalue weighted by Crippen LogP contribution is -2.04. The van der Waals surface area contributed by atoms with Gasteiger partial charge in [0.15, 0.2) is 5.69 Å². The Labute approximate surface area is 145 Å². The Morgan fingerprint density at radius 3 is 2.92 bits per heavy atom. The maximum atomic E-state index is 12.1. The Balaban J connectivity index is 2.23. The van der Waals surface area contributed by atoms with Crippen molar-refractivity contribution in [3.8, 4) is 5.69 Å². The molecule has 0 saturated carbocycles. The topological polar surface area (TPSA) is 92.9 Å². The van der Waals surface area contributed by atoms with Gasteiger partial charge in [-0.25, -0.2) is 9.48 Å². The van der Waals surface area contributed by atoms with E-state index in [-0.39, 0.29) is 12.2 Å². The molecule has 1 aromatic heterocycles. The molecule has 8 heteroatoms. The van der Waals surface area contributed by atoms with E-state index < -0.39 is 5.97 Å². The monoisotopic (exact) mass is 385 g/mol. The second kappa shape index (κ2) is 6.74. The van der Waals surface area contributed by atoms with Crippen molar-refractivity contribution in [1.29, 1.82) is 0 Å². The molecule has 0 saturated heterocycles. The van der Waals surface area contributed by atoms with Crippen LogP contribution in [0, 0.1) is 0 Å². The number of hydrogen-bond acceptors (Lipinski definition) is 4. The predicted octanol–water partition coefficient (Wildman–Crippen LogP) is 4.38. The molecule has 2 aromatic carbocycles. The number of ether oxygens (including phenoxy) is 1. The van der Waals surface area contributed by atoms with Crippen molar-refractivity contribution < 1.29 is 9.53 Å². The normalized spacial score (nSPS) is 10.4. The molecule has 3 aromatic rings. The van der Waals surface area contributed by atoms with Gasteiger partial charge in [0.1, 0.15) is 0 Å². The zero-order valence-electron chi connectivity index (χ0n) is 12.7. The maximum Gasteiger partial charge on any atom is 0.359 e. The summed E-state index contributed by atoms with van der Waals surface area (Å²) in [5.74, 6) is -0.519. The van der Waals surface area contributed by atoms with Gasteiger partial charge in [-0.15, -0.1) is 0 Å². The Hall–Kier alpha value is -2.83. The summed E-state index contributed by atoms with van der Waals surface area (Å²) in [4.78, 5) is 14.8. The second-order valence-electron chi connectivity index (χ2n) is 4.97. The van der Waals surface area contributed by atoms with Gasteiger partial charge in [0, 0.05) is 14.8 Å². The van der Waals surface area contributed by atoms with E-state index in [1.165, 1.54) is 7.11 Å². The third-order valence-electron chi connectivity index (χ3n) is 3.49. The Kier molecular flexibility index (Phi) is 4.50. The fourth-order valence-corrected chi connectivity index (χ4v) is 2.82. The summed E-state index contributed by atoms with van der Waals surface area (Å²) in [6.07, 6.45) is 0. The molecule has 1 heterocycles. The van der Waals surface area contributed by atoms with Crippen LogP contribution in [0.25, 0.3) is 27.0 Å². The Bertz CT molecular complexity index is 976. The molecule has 0 N–H and O–H groups in total. The minimum atomic E-state index is -0.519. The number of carbonyl (C=O) groups is 1. The van der Waals surface area contributed by atoms with Crippen LogP contribution in [-0.4, -0.2) is 22.9 Å². The highest BCUT2D eigenvalue weighted by molar-refractivity contribution is 9.10. The largest absolute Gasteiger partial charge is 0.464 e. The molecule has 0 radical (unpaired) electrons. The number of fused-ring (bicyclic) bond motifs is 1. The molecular formula is C16H12BrN5O2. The van der Waals surface area contributed by atoms with E-state index in [0.29, 0.717) is 5.39 Å². The first-order valence-electron chi connectivity index (χ1n) is 7.01. The first-order valence-corrected chi connectivity index (χ1v) is 7.80. The van der Waals surface area contributed by atoms with Gasteiger partial charge in [-0.2, -0.15) is 5.10 Å². The number of methoxy groups -OCH3 is 1. The van der Waals surface area contributed by atoms with E-state index in [1.807, 2.05) is 36.4 Å². The molecule has 0 aliphatic carbocycles. The molecule has 0 atom stereocenters. The van der Waals surface area contributed by atoms with Crippen LogP contribution in [-0.2, 0) is 11.3 Å². The van der Waals surface area contributed by atoms with Crippen LogP contribution in [0.15, 0.2) is 52.1 Å². The van der Waals surface area contributed by atoms with Gasteiger partial charge in [-0.1, -0.05) is 33.2 Å². The molecule has 7 nitrogen and oxygen atoms in total. The standard InChI is InChI=1S/C16H12BrN5O2/c1-24-16(23)15-13-7-10(9-19-21-18)5-6-14(13)22(20-15)12-4-2-3-11(17)8-12/h2-8H,9H2,1H3. The molecule has 0 amide bonds. The van der Waals surface area contributed by atoms with Crippen molar-refractivity contribution in [3.05, 3.63) is 68.6 Å². The lowest BCUT2D eigenvalue weighted by Gasteiger charge is -2.04. The van der Waals surface area contributed by atoms with Crippen LogP contribution in [0.4, 0.5) is 0 Å². The average molecular weight is 386 g/mol. The van der Waals surface area contributed by atoms with E-state index >= 15 is 0 Å². The van der Waals surface area contributed by atoms with Crippen molar-refractivity contribution in [2.75, 3.05) is 7.11 Å². The van der Waals surface area contributed by atoms with Gasteiger partial charge >= 0.3 is 5.97 Å². The van der Waals surface area contributed by atoms with Crippen LogP contribution in [0.5, 0.6) is 0 Å². The summed E-state index contributed by atoms with van der Waals surface area (Å²) >= 11 is 3.43. The number of carbonyl (C=O) groups excluding carboxylic acids is 1. The van der Waals surface area contributed by atoms with E-state index in [4.69, 9.17) is 10.3 Å². The van der Waals surface area contributed by atoms with Crippen LogP contribution in [0.1, 0.15) is 16.1 Å². The molecule has 120 valence electrons. The molecule has 0 bridgehead atoms. The third-order valence-corrected chi connectivity index (χ3v) is 3.99. The molecule has 0 unspecified atom stereocenters. The summed E-state index contributed by atoms with van der Waals surface area (Å²) < 4.78 is 7.42. The van der Waals surface area contributed by atoms with Crippen molar-refractivity contribution in [2.45, 2.75) is 6.54 Å². The minimum Gasteiger partial charge on any atom is -0.464 e. The number of esters is 1. The zero-order chi connectivity index (χ0) is 17.1. The number of aromatic nitrogens is 2. The van der Waals surface area contributed by atoms with Gasteiger partial charge in [-0.3, -0.25) is 0 Å². The molecule has 0 aliphatic heterocycles.